The van der Waals surface area contributed by atoms with E-state index in [1.807, 2.05) is 20.8 Å². The summed E-state index contributed by atoms with van der Waals surface area (Å²) in [5, 5.41) is 0. The Labute approximate surface area is 121 Å². The molecule has 0 bridgehead atoms. The van der Waals surface area contributed by atoms with Crippen LogP contribution in [0.15, 0.2) is 30.4 Å². The van der Waals surface area contributed by atoms with Crippen LogP contribution in [0.3, 0.4) is 0 Å². The molecular weight excluding hydrogens is 254 g/mol. The average Bonchev–Trinajstić information content (AvgIpc) is 2.36. The highest BCUT2D eigenvalue weighted by atomic mass is 16.5. The second kappa shape index (κ2) is 6.98. The third kappa shape index (κ3) is 4.30. The van der Waals surface area contributed by atoms with Crippen molar-refractivity contribution >= 4 is 5.91 Å². The molecule has 4 heteroatoms. The summed E-state index contributed by atoms with van der Waals surface area (Å²) in [5.41, 5.74) is 1.46. The second-order valence-corrected chi connectivity index (χ2v) is 5.15. The van der Waals surface area contributed by atoms with Gasteiger partial charge in [0, 0.05) is 19.7 Å². The molecule has 1 aromatic rings. The zero-order valence-corrected chi connectivity index (χ0v) is 12.9. The molecule has 0 N–H and O–H groups in total. The number of ether oxygens (including phenoxy) is 2. The van der Waals surface area contributed by atoms with Crippen LogP contribution in [0.2, 0.25) is 0 Å². The molecule has 0 aliphatic carbocycles. The molecule has 4 nitrogen and oxygen atoms in total. The number of hydrogen-bond acceptors (Lipinski definition) is 3. The summed E-state index contributed by atoms with van der Waals surface area (Å²) in [6.45, 7) is 10.1. The Morgan fingerprint density at radius 2 is 2.05 bits per heavy atom. The summed E-state index contributed by atoms with van der Waals surface area (Å²) < 4.78 is 10.9. The minimum atomic E-state index is -0.0914. The maximum Gasteiger partial charge on any atom is 0.257 e. The van der Waals surface area contributed by atoms with E-state index >= 15 is 0 Å². The van der Waals surface area contributed by atoms with Gasteiger partial charge >= 0.3 is 0 Å². The molecule has 0 atom stereocenters. The van der Waals surface area contributed by atoms with Gasteiger partial charge in [-0.2, -0.15) is 0 Å². The number of methoxy groups -OCH3 is 1. The second-order valence-electron chi connectivity index (χ2n) is 5.15. The van der Waals surface area contributed by atoms with Crippen LogP contribution >= 0.6 is 0 Å². The van der Waals surface area contributed by atoms with E-state index in [-0.39, 0.29) is 12.0 Å². The van der Waals surface area contributed by atoms with E-state index in [4.69, 9.17) is 9.47 Å². The summed E-state index contributed by atoms with van der Waals surface area (Å²) in [7, 11) is 3.34. The van der Waals surface area contributed by atoms with Gasteiger partial charge in [0.2, 0.25) is 0 Å². The monoisotopic (exact) mass is 277 g/mol. The molecule has 0 aliphatic heterocycles. The molecule has 0 aliphatic rings. The SMILES string of the molecule is C=C(C)CN(C)C(=O)c1ccc(OC)cc1OC(C)C. The fourth-order valence-electron chi connectivity index (χ4n) is 1.84. The van der Waals surface area contributed by atoms with Crippen molar-refractivity contribution in [3.05, 3.63) is 35.9 Å². The van der Waals surface area contributed by atoms with Gasteiger partial charge in [0.15, 0.2) is 0 Å². The summed E-state index contributed by atoms with van der Waals surface area (Å²) in [5.74, 6) is 1.11. The van der Waals surface area contributed by atoms with Crippen molar-refractivity contribution in [2.75, 3.05) is 20.7 Å². The maximum absolute atomic E-state index is 12.4. The van der Waals surface area contributed by atoms with Crippen LogP contribution in [0, 0.1) is 0 Å². The number of rotatable bonds is 6. The first kappa shape index (κ1) is 16.1. The fourth-order valence-corrected chi connectivity index (χ4v) is 1.84. The Balaban J connectivity index is 3.08. The molecule has 20 heavy (non-hydrogen) atoms. The fraction of sp³-hybridized carbons (Fsp3) is 0.438. The van der Waals surface area contributed by atoms with Gasteiger partial charge in [-0.1, -0.05) is 12.2 Å². The molecule has 0 radical (unpaired) electrons. The largest absolute Gasteiger partial charge is 0.497 e. The Morgan fingerprint density at radius 1 is 1.40 bits per heavy atom. The zero-order valence-electron chi connectivity index (χ0n) is 12.9. The number of hydrogen-bond donors (Lipinski definition) is 0. The van der Waals surface area contributed by atoms with Gasteiger partial charge in [-0.25, -0.2) is 0 Å². The molecule has 0 saturated carbocycles. The number of carbonyl (C=O) groups excluding carboxylic acids is 1. The predicted octanol–water partition coefficient (Wildman–Crippen LogP) is 3.13. The highest BCUT2D eigenvalue weighted by molar-refractivity contribution is 5.97. The topological polar surface area (TPSA) is 38.8 Å². The normalized spacial score (nSPS) is 10.3. The van der Waals surface area contributed by atoms with E-state index in [0.29, 0.717) is 23.6 Å². The van der Waals surface area contributed by atoms with Crippen LogP contribution in [0.4, 0.5) is 0 Å². The molecule has 110 valence electrons. The quantitative estimate of drug-likeness (QED) is 0.750. The summed E-state index contributed by atoms with van der Waals surface area (Å²) >= 11 is 0. The molecule has 0 saturated heterocycles. The summed E-state index contributed by atoms with van der Waals surface area (Å²) in [4.78, 5) is 14.1. The molecule has 1 rings (SSSR count). The van der Waals surface area contributed by atoms with Crippen molar-refractivity contribution in [2.45, 2.75) is 26.9 Å². The predicted molar refractivity (Wildman–Crippen MR) is 80.5 cm³/mol. The first-order valence-corrected chi connectivity index (χ1v) is 6.59. The van der Waals surface area contributed by atoms with Gasteiger partial charge in [-0.15, -0.1) is 0 Å². The van der Waals surface area contributed by atoms with Crippen LogP contribution in [0.25, 0.3) is 0 Å². The third-order valence-electron chi connectivity index (χ3n) is 2.64. The van der Waals surface area contributed by atoms with Gasteiger partial charge in [-0.3, -0.25) is 4.79 Å². The first-order chi connectivity index (χ1) is 9.35. The van der Waals surface area contributed by atoms with Crippen molar-refractivity contribution in [3.8, 4) is 11.5 Å². The maximum atomic E-state index is 12.4. The number of benzene rings is 1. The number of likely N-dealkylation sites (N-methyl/N-ethyl adjacent to an activating group) is 1. The minimum absolute atomic E-state index is 0.0138. The van der Waals surface area contributed by atoms with Crippen LogP contribution < -0.4 is 9.47 Å². The lowest BCUT2D eigenvalue weighted by Gasteiger charge is -2.20. The highest BCUT2D eigenvalue weighted by Gasteiger charge is 2.18. The number of amides is 1. The third-order valence-corrected chi connectivity index (χ3v) is 2.64. The molecular formula is C16H23NO3. The first-order valence-electron chi connectivity index (χ1n) is 6.59. The van der Waals surface area contributed by atoms with Gasteiger partial charge < -0.3 is 14.4 Å². The highest BCUT2D eigenvalue weighted by Crippen LogP contribution is 2.27. The summed E-state index contributed by atoms with van der Waals surface area (Å²) in [6, 6.07) is 5.23. The van der Waals surface area contributed by atoms with E-state index in [1.165, 1.54) is 0 Å². The van der Waals surface area contributed by atoms with E-state index in [1.54, 1.807) is 37.3 Å². The van der Waals surface area contributed by atoms with E-state index in [0.717, 1.165) is 5.57 Å². The molecule has 0 spiro atoms. The van der Waals surface area contributed by atoms with Gasteiger partial charge in [0.1, 0.15) is 11.5 Å². The van der Waals surface area contributed by atoms with Crippen molar-refractivity contribution in [2.24, 2.45) is 0 Å². The Bertz CT molecular complexity index is 494. The van der Waals surface area contributed by atoms with Gasteiger partial charge in [0.25, 0.3) is 5.91 Å². The van der Waals surface area contributed by atoms with E-state index in [2.05, 4.69) is 6.58 Å². The van der Waals surface area contributed by atoms with Crippen molar-refractivity contribution in [1.29, 1.82) is 0 Å². The Morgan fingerprint density at radius 3 is 2.55 bits per heavy atom. The van der Waals surface area contributed by atoms with Crippen molar-refractivity contribution in [1.82, 2.24) is 4.90 Å². The molecule has 0 heterocycles. The van der Waals surface area contributed by atoms with Crippen molar-refractivity contribution in [3.63, 3.8) is 0 Å². The molecule has 1 amide bonds. The van der Waals surface area contributed by atoms with E-state index in [9.17, 15) is 4.79 Å². The van der Waals surface area contributed by atoms with Crippen LogP contribution in [-0.2, 0) is 0 Å². The van der Waals surface area contributed by atoms with Gasteiger partial charge in [-0.05, 0) is 32.9 Å². The van der Waals surface area contributed by atoms with Crippen molar-refractivity contribution < 1.29 is 14.3 Å². The van der Waals surface area contributed by atoms with E-state index < -0.39 is 0 Å². The lowest BCUT2D eigenvalue weighted by molar-refractivity contribution is 0.0800. The van der Waals surface area contributed by atoms with Crippen LogP contribution in [0.1, 0.15) is 31.1 Å². The molecule has 0 fully saturated rings. The lowest BCUT2D eigenvalue weighted by Crippen LogP contribution is -2.28. The molecule has 1 aromatic carbocycles. The molecule has 0 unspecified atom stereocenters. The number of nitrogens with zero attached hydrogens (tertiary/aromatic N) is 1. The Hall–Kier alpha value is -1.97. The lowest BCUT2D eigenvalue weighted by atomic mass is 10.1. The average molecular weight is 277 g/mol. The smallest absolute Gasteiger partial charge is 0.257 e. The standard InChI is InChI=1S/C16H23NO3/c1-11(2)10-17(5)16(18)14-8-7-13(19-6)9-15(14)20-12(3)4/h7-9,12H,1,10H2,2-6H3. The molecule has 0 aromatic heterocycles. The van der Waals surface area contributed by atoms with Crippen LogP contribution in [0.5, 0.6) is 11.5 Å². The minimum Gasteiger partial charge on any atom is -0.497 e. The zero-order chi connectivity index (χ0) is 15.3. The summed E-state index contributed by atoms with van der Waals surface area (Å²) in [6.07, 6.45) is -0.0138. The number of carbonyl (C=O) groups is 1. The van der Waals surface area contributed by atoms with Crippen LogP contribution in [-0.4, -0.2) is 37.6 Å². The van der Waals surface area contributed by atoms with Gasteiger partial charge in [0.05, 0.1) is 18.8 Å². The Kier molecular flexibility index (Phi) is 5.62.